The van der Waals surface area contributed by atoms with E-state index in [2.05, 4.69) is 21.2 Å². The molecule has 0 aliphatic rings. The molecule has 0 heterocycles. The summed E-state index contributed by atoms with van der Waals surface area (Å²) >= 11 is 3.41. The van der Waals surface area contributed by atoms with E-state index in [9.17, 15) is 4.79 Å². The molecule has 0 aliphatic carbocycles. The molecule has 0 spiro atoms. The predicted octanol–water partition coefficient (Wildman–Crippen LogP) is 2.29. The highest BCUT2D eigenvalue weighted by Crippen LogP contribution is 2.26. The normalized spacial score (nSPS) is 12.0. The average molecular weight is 316 g/mol. The van der Waals surface area contributed by atoms with Crippen molar-refractivity contribution in [1.29, 1.82) is 0 Å². The first-order valence-electron chi connectivity index (χ1n) is 5.74. The van der Waals surface area contributed by atoms with Crippen molar-refractivity contribution in [2.45, 2.75) is 20.0 Å². The summed E-state index contributed by atoms with van der Waals surface area (Å²) in [7, 11) is 1.59. The van der Waals surface area contributed by atoms with Crippen LogP contribution in [-0.4, -0.2) is 32.3 Å². The van der Waals surface area contributed by atoms with Crippen molar-refractivity contribution in [3.8, 4) is 5.75 Å². The van der Waals surface area contributed by atoms with Gasteiger partial charge < -0.3 is 14.8 Å². The molecule has 0 radical (unpaired) electrons. The number of carbonyl (C=O) groups excluding carboxylic acids is 1. The van der Waals surface area contributed by atoms with Crippen LogP contribution in [0.15, 0.2) is 22.7 Å². The molecule has 0 saturated heterocycles. The molecular weight excluding hydrogens is 298 g/mol. The highest BCUT2D eigenvalue weighted by atomic mass is 79.9. The number of nitrogens with one attached hydrogen (secondary N) is 1. The van der Waals surface area contributed by atoms with E-state index in [1.54, 1.807) is 14.0 Å². The first-order chi connectivity index (χ1) is 8.54. The van der Waals surface area contributed by atoms with E-state index in [1.165, 1.54) is 0 Å². The van der Waals surface area contributed by atoms with Gasteiger partial charge in [-0.3, -0.25) is 4.79 Å². The van der Waals surface area contributed by atoms with Gasteiger partial charge in [-0.05, 0) is 47.5 Å². The summed E-state index contributed by atoms with van der Waals surface area (Å²) in [6.45, 7) is 4.69. The number of hydrogen-bond acceptors (Lipinski definition) is 3. The monoisotopic (exact) mass is 315 g/mol. The number of halogens is 1. The number of aryl methyl sites for hydroxylation is 1. The molecule has 18 heavy (non-hydrogen) atoms. The van der Waals surface area contributed by atoms with Crippen LogP contribution in [0.5, 0.6) is 5.75 Å². The van der Waals surface area contributed by atoms with Crippen LogP contribution in [0.2, 0.25) is 0 Å². The molecule has 1 unspecified atom stereocenters. The number of ether oxygens (including phenoxy) is 2. The topological polar surface area (TPSA) is 47.6 Å². The van der Waals surface area contributed by atoms with Gasteiger partial charge in [0.15, 0.2) is 6.10 Å². The molecule has 0 aliphatic heterocycles. The minimum atomic E-state index is -0.541. The summed E-state index contributed by atoms with van der Waals surface area (Å²) in [6, 6.07) is 5.73. The van der Waals surface area contributed by atoms with Gasteiger partial charge in [0.2, 0.25) is 0 Å². The zero-order chi connectivity index (χ0) is 13.5. The zero-order valence-electron chi connectivity index (χ0n) is 10.8. The lowest BCUT2D eigenvalue weighted by atomic mass is 10.2. The van der Waals surface area contributed by atoms with Gasteiger partial charge in [-0.25, -0.2) is 0 Å². The van der Waals surface area contributed by atoms with E-state index in [4.69, 9.17) is 9.47 Å². The smallest absolute Gasteiger partial charge is 0.260 e. The highest BCUT2D eigenvalue weighted by molar-refractivity contribution is 9.10. The summed E-state index contributed by atoms with van der Waals surface area (Å²) < 4.78 is 11.3. The fourth-order valence-electron chi connectivity index (χ4n) is 1.37. The number of carbonyl (C=O) groups is 1. The summed E-state index contributed by atoms with van der Waals surface area (Å²) in [4.78, 5) is 11.7. The van der Waals surface area contributed by atoms with Crippen LogP contribution < -0.4 is 10.1 Å². The van der Waals surface area contributed by atoms with Gasteiger partial charge >= 0.3 is 0 Å². The van der Waals surface area contributed by atoms with Crippen molar-refractivity contribution in [1.82, 2.24) is 5.32 Å². The van der Waals surface area contributed by atoms with Crippen LogP contribution in [-0.2, 0) is 9.53 Å². The molecule has 1 atom stereocenters. The van der Waals surface area contributed by atoms with Crippen molar-refractivity contribution >= 4 is 21.8 Å². The third kappa shape index (κ3) is 4.66. The lowest BCUT2D eigenvalue weighted by Crippen LogP contribution is -2.37. The lowest BCUT2D eigenvalue weighted by Gasteiger charge is -2.15. The van der Waals surface area contributed by atoms with Crippen LogP contribution in [0.3, 0.4) is 0 Å². The fourth-order valence-corrected chi connectivity index (χ4v) is 1.95. The maximum Gasteiger partial charge on any atom is 0.260 e. The Morgan fingerprint density at radius 3 is 2.83 bits per heavy atom. The van der Waals surface area contributed by atoms with Crippen LogP contribution in [0.1, 0.15) is 12.5 Å². The van der Waals surface area contributed by atoms with Gasteiger partial charge in [0.1, 0.15) is 5.75 Å². The second kappa shape index (κ2) is 7.38. The maximum absolute atomic E-state index is 11.7. The first-order valence-corrected chi connectivity index (χ1v) is 6.53. The summed E-state index contributed by atoms with van der Waals surface area (Å²) in [5, 5.41) is 2.73. The molecule has 5 heteroatoms. The Kier molecular flexibility index (Phi) is 6.15. The number of methoxy groups -OCH3 is 1. The van der Waals surface area contributed by atoms with E-state index in [-0.39, 0.29) is 5.91 Å². The molecule has 1 aromatic carbocycles. The number of benzene rings is 1. The van der Waals surface area contributed by atoms with Crippen LogP contribution in [0, 0.1) is 6.92 Å². The molecule has 0 aromatic heterocycles. The molecule has 0 fully saturated rings. The molecule has 0 bridgehead atoms. The van der Waals surface area contributed by atoms with Crippen molar-refractivity contribution in [2.75, 3.05) is 20.3 Å². The SMILES string of the molecule is COCCNC(=O)C(C)Oc1ccc(C)cc1Br. The van der Waals surface area contributed by atoms with Crippen molar-refractivity contribution in [2.24, 2.45) is 0 Å². The Morgan fingerprint density at radius 2 is 2.22 bits per heavy atom. The second-order valence-electron chi connectivity index (χ2n) is 3.98. The number of rotatable bonds is 6. The largest absolute Gasteiger partial charge is 0.480 e. The number of amides is 1. The third-order valence-electron chi connectivity index (χ3n) is 2.37. The quantitative estimate of drug-likeness (QED) is 0.819. The van der Waals surface area contributed by atoms with Gasteiger partial charge in [-0.2, -0.15) is 0 Å². The molecule has 1 N–H and O–H groups in total. The van der Waals surface area contributed by atoms with Crippen LogP contribution >= 0.6 is 15.9 Å². The van der Waals surface area contributed by atoms with Crippen LogP contribution in [0.25, 0.3) is 0 Å². The summed E-state index contributed by atoms with van der Waals surface area (Å²) in [5.74, 6) is 0.509. The molecular formula is C13H18BrNO3. The van der Waals surface area contributed by atoms with E-state index in [1.807, 2.05) is 25.1 Å². The predicted molar refractivity (Wildman–Crippen MR) is 73.9 cm³/mol. The van der Waals surface area contributed by atoms with E-state index in [0.29, 0.717) is 18.9 Å². The van der Waals surface area contributed by atoms with E-state index < -0.39 is 6.10 Å². The van der Waals surface area contributed by atoms with Crippen molar-refractivity contribution < 1.29 is 14.3 Å². The fraction of sp³-hybridized carbons (Fsp3) is 0.462. The standard InChI is InChI=1S/C13H18BrNO3/c1-9-4-5-12(11(14)8-9)18-10(2)13(16)15-6-7-17-3/h4-5,8,10H,6-7H2,1-3H3,(H,15,16). The van der Waals surface area contributed by atoms with Crippen molar-refractivity contribution in [3.63, 3.8) is 0 Å². The molecule has 1 rings (SSSR count). The van der Waals surface area contributed by atoms with Crippen molar-refractivity contribution in [3.05, 3.63) is 28.2 Å². The Labute approximate surface area is 116 Å². The number of hydrogen-bond donors (Lipinski definition) is 1. The Hall–Kier alpha value is -1.07. The Bertz CT molecular complexity index is 409. The average Bonchev–Trinajstić information content (AvgIpc) is 2.32. The van der Waals surface area contributed by atoms with Crippen LogP contribution in [0.4, 0.5) is 0 Å². The van der Waals surface area contributed by atoms with Gasteiger partial charge in [0.25, 0.3) is 5.91 Å². The van der Waals surface area contributed by atoms with Gasteiger partial charge in [-0.15, -0.1) is 0 Å². The zero-order valence-corrected chi connectivity index (χ0v) is 12.4. The highest BCUT2D eigenvalue weighted by Gasteiger charge is 2.15. The Balaban J connectivity index is 2.53. The van der Waals surface area contributed by atoms with Gasteiger partial charge in [0, 0.05) is 13.7 Å². The molecule has 1 amide bonds. The molecule has 0 saturated carbocycles. The lowest BCUT2D eigenvalue weighted by molar-refractivity contribution is -0.127. The Morgan fingerprint density at radius 1 is 1.50 bits per heavy atom. The minimum absolute atomic E-state index is 0.153. The summed E-state index contributed by atoms with van der Waals surface area (Å²) in [5.41, 5.74) is 1.13. The molecule has 100 valence electrons. The first kappa shape index (κ1) is 15.0. The van der Waals surface area contributed by atoms with E-state index >= 15 is 0 Å². The second-order valence-corrected chi connectivity index (χ2v) is 4.83. The van der Waals surface area contributed by atoms with E-state index in [0.717, 1.165) is 10.0 Å². The molecule has 4 nitrogen and oxygen atoms in total. The molecule has 1 aromatic rings. The third-order valence-corrected chi connectivity index (χ3v) is 2.99. The minimum Gasteiger partial charge on any atom is -0.480 e. The summed E-state index contributed by atoms with van der Waals surface area (Å²) in [6.07, 6.45) is -0.541. The maximum atomic E-state index is 11.7. The van der Waals surface area contributed by atoms with Gasteiger partial charge in [-0.1, -0.05) is 6.07 Å². The van der Waals surface area contributed by atoms with Gasteiger partial charge in [0.05, 0.1) is 11.1 Å².